The van der Waals surface area contributed by atoms with Gasteiger partial charge < -0.3 is 0 Å². The van der Waals surface area contributed by atoms with Crippen LogP contribution in [0, 0.1) is 6.42 Å². The van der Waals surface area contributed by atoms with E-state index in [2.05, 4.69) is 11.6 Å². The summed E-state index contributed by atoms with van der Waals surface area (Å²) in [5.41, 5.74) is 0. The van der Waals surface area contributed by atoms with Gasteiger partial charge in [-0.1, -0.05) is 13.3 Å². The Bertz CT molecular complexity index is 57.9. The molecular formula is C5H8ClF2. The number of halogens is 3. The summed E-state index contributed by atoms with van der Waals surface area (Å²) in [6.07, 6.45) is 1.76. The normalized spacial score (nSPS) is 12.0. The Morgan fingerprint density at radius 2 is 2.12 bits per heavy atom. The molecule has 0 aliphatic rings. The van der Waals surface area contributed by atoms with E-state index in [0.29, 0.717) is 6.42 Å². The Kier molecular flexibility index (Phi) is 3.29. The fourth-order valence-corrected chi connectivity index (χ4v) is 0.417. The molecule has 0 unspecified atom stereocenters. The molecule has 3 heteroatoms. The van der Waals surface area contributed by atoms with Gasteiger partial charge in [-0.2, -0.15) is 8.78 Å². The number of unbranched alkanes of at least 4 members (excludes halogenated alkanes) is 1. The van der Waals surface area contributed by atoms with Gasteiger partial charge >= 0.3 is 5.38 Å². The number of alkyl halides is 3. The molecule has 0 nitrogen and oxygen atoms in total. The topological polar surface area (TPSA) is 0 Å². The van der Waals surface area contributed by atoms with Gasteiger partial charge in [-0.15, -0.1) is 0 Å². The van der Waals surface area contributed by atoms with Gasteiger partial charge in [-0.3, -0.25) is 0 Å². The third kappa shape index (κ3) is 6.15. The highest BCUT2D eigenvalue weighted by atomic mass is 35.5. The van der Waals surface area contributed by atoms with Gasteiger partial charge in [0.2, 0.25) is 0 Å². The molecule has 0 spiro atoms. The first-order valence-electron chi connectivity index (χ1n) is 2.44. The van der Waals surface area contributed by atoms with E-state index in [1.165, 1.54) is 6.42 Å². The first-order valence-corrected chi connectivity index (χ1v) is 2.82. The maximum atomic E-state index is 11.6. The molecule has 1 radical (unpaired) electrons. The zero-order chi connectivity index (χ0) is 6.62. The van der Waals surface area contributed by atoms with Crippen LogP contribution in [0.4, 0.5) is 8.78 Å². The number of hydrogen-bond acceptors (Lipinski definition) is 0. The lowest BCUT2D eigenvalue weighted by molar-refractivity contribution is 0.0950. The summed E-state index contributed by atoms with van der Waals surface area (Å²) in [6, 6.07) is 0. The van der Waals surface area contributed by atoms with Crippen molar-refractivity contribution in [1.82, 2.24) is 0 Å². The average molecular weight is 142 g/mol. The highest BCUT2D eigenvalue weighted by Gasteiger charge is 2.22. The van der Waals surface area contributed by atoms with Gasteiger partial charge in [-0.05, 0) is 18.0 Å². The van der Waals surface area contributed by atoms with Crippen LogP contribution >= 0.6 is 11.6 Å². The fraction of sp³-hybridized carbons (Fsp3) is 0.800. The molecule has 0 aliphatic heterocycles. The predicted octanol–water partition coefficient (Wildman–Crippen LogP) is 2.82. The molecule has 0 amide bonds. The summed E-state index contributed by atoms with van der Waals surface area (Å²) in [4.78, 5) is 0. The first-order chi connectivity index (χ1) is 3.56. The fourth-order valence-electron chi connectivity index (χ4n) is 0.308. The Hall–Kier alpha value is 0.150. The number of hydrogen-bond donors (Lipinski definition) is 0. The molecule has 0 fully saturated rings. The molecular weight excluding hydrogens is 134 g/mol. The molecule has 0 aromatic heterocycles. The lowest BCUT2D eigenvalue weighted by atomic mass is 10.3. The maximum absolute atomic E-state index is 11.6. The Labute approximate surface area is 52.8 Å². The third-order valence-corrected chi connectivity index (χ3v) is 0.819. The monoisotopic (exact) mass is 141 g/mol. The largest absolute Gasteiger partial charge is 0.321 e. The van der Waals surface area contributed by atoms with Crippen molar-refractivity contribution in [3.8, 4) is 0 Å². The van der Waals surface area contributed by atoms with Crippen LogP contribution in [-0.2, 0) is 0 Å². The van der Waals surface area contributed by atoms with E-state index in [4.69, 9.17) is 0 Å². The molecule has 0 aromatic carbocycles. The molecule has 0 rings (SSSR count). The second-order valence-corrected chi connectivity index (χ2v) is 2.07. The lowest BCUT2D eigenvalue weighted by Gasteiger charge is -2.03. The van der Waals surface area contributed by atoms with Crippen LogP contribution in [-0.4, -0.2) is 5.38 Å². The van der Waals surface area contributed by atoms with Crippen molar-refractivity contribution in [3.63, 3.8) is 0 Å². The molecule has 0 aromatic rings. The van der Waals surface area contributed by atoms with E-state index >= 15 is 0 Å². The van der Waals surface area contributed by atoms with E-state index in [1.807, 2.05) is 0 Å². The molecule has 0 saturated heterocycles. The zero-order valence-electron chi connectivity index (χ0n) is 4.63. The molecule has 0 atom stereocenters. The van der Waals surface area contributed by atoms with Crippen LogP contribution < -0.4 is 0 Å². The highest BCUT2D eigenvalue weighted by molar-refractivity contribution is 6.21. The second-order valence-electron chi connectivity index (χ2n) is 1.52. The second kappa shape index (κ2) is 3.23. The summed E-state index contributed by atoms with van der Waals surface area (Å²) < 4.78 is 23.3. The van der Waals surface area contributed by atoms with Crippen molar-refractivity contribution < 1.29 is 8.78 Å². The minimum Gasteiger partial charge on any atom is -0.188 e. The zero-order valence-corrected chi connectivity index (χ0v) is 5.38. The van der Waals surface area contributed by atoms with Crippen molar-refractivity contribution in [2.75, 3.05) is 0 Å². The Morgan fingerprint density at radius 1 is 1.62 bits per heavy atom. The highest BCUT2D eigenvalue weighted by Crippen LogP contribution is 2.24. The van der Waals surface area contributed by atoms with E-state index in [0.717, 1.165) is 0 Å². The molecule has 49 valence electrons. The van der Waals surface area contributed by atoms with Crippen molar-refractivity contribution in [1.29, 1.82) is 0 Å². The van der Waals surface area contributed by atoms with Crippen LogP contribution in [0.25, 0.3) is 0 Å². The van der Waals surface area contributed by atoms with Gasteiger partial charge in [0.1, 0.15) is 0 Å². The van der Waals surface area contributed by atoms with Gasteiger partial charge in [0.05, 0.1) is 0 Å². The first kappa shape index (κ1) is 8.15. The smallest absolute Gasteiger partial charge is 0.188 e. The number of rotatable bonds is 3. The van der Waals surface area contributed by atoms with E-state index < -0.39 is 5.38 Å². The molecule has 0 aliphatic carbocycles. The molecule has 0 saturated carbocycles. The van der Waals surface area contributed by atoms with Gasteiger partial charge in [-0.25, -0.2) is 0 Å². The summed E-state index contributed by atoms with van der Waals surface area (Å²) in [5.74, 6) is 0. The predicted molar refractivity (Wildman–Crippen MR) is 30.0 cm³/mol. The van der Waals surface area contributed by atoms with Crippen molar-refractivity contribution in [2.24, 2.45) is 0 Å². The van der Waals surface area contributed by atoms with Gasteiger partial charge in [0.25, 0.3) is 0 Å². The van der Waals surface area contributed by atoms with Crippen molar-refractivity contribution >= 4 is 11.6 Å². The van der Waals surface area contributed by atoms with Crippen LogP contribution in [0.3, 0.4) is 0 Å². The minimum atomic E-state index is -3.03. The van der Waals surface area contributed by atoms with E-state index in [1.54, 1.807) is 6.92 Å². The SMILES string of the molecule is CC[CH]CC(F)(F)Cl. The quantitative estimate of drug-likeness (QED) is 0.531. The van der Waals surface area contributed by atoms with Crippen LogP contribution in [0.2, 0.25) is 0 Å². The Balaban J connectivity index is 3.11. The van der Waals surface area contributed by atoms with Gasteiger partial charge in [0, 0.05) is 6.42 Å². The third-order valence-electron chi connectivity index (χ3n) is 0.664. The van der Waals surface area contributed by atoms with E-state index in [-0.39, 0.29) is 6.42 Å². The summed E-state index contributed by atoms with van der Waals surface area (Å²) in [7, 11) is 0. The standard InChI is InChI=1S/C5H8ClF2/c1-2-3-4-5(6,7)8/h3H,2,4H2,1H3. The van der Waals surface area contributed by atoms with E-state index in [9.17, 15) is 8.78 Å². The Morgan fingerprint density at radius 3 is 2.25 bits per heavy atom. The summed E-state index contributed by atoms with van der Waals surface area (Å²) in [5, 5.41) is -3.03. The van der Waals surface area contributed by atoms with Gasteiger partial charge in [0.15, 0.2) is 0 Å². The van der Waals surface area contributed by atoms with Crippen LogP contribution in [0.1, 0.15) is 19.8 Å². The summed E-state index contributed by atoms with van der Waals surface area (Å²) >= 11 is 4.55. The van der Waals surface area contributed by atoms with Crippen molar-refractivity contribution in [3.05, 3.63) is 6.42 Å². The minimum absolute atomic E-state index is 0.328. The van der Waals surface area contributed by atoms with Crippen LogP contribution in [0.5, 0.6) is 0 Å². The average Bonchev–Trinajstić information content (AvgIpc) is 1.59. The van der Waals surface area contributed by atoms with Crippen molar-refractivity contribution in [2.45, 2.75) is 25.1 Å². The molecule has 0 bridgehead atoms. The molecule has 0 N–H and O–H groups in total. The summed E-state index contributed by atoms with van der Waals surface area (Å²) in [6.45, 7) is 1.79. The maximum Gasteiger partial charge on any atom is 0.321 e. The van der Waals surface area contributed by atoms with Crippen LogP contribution in [0.15, 0.2) is 0 Å². The molecule has 8 heavy (non-hydrogen) atoms. The molecule has 0 heterocycles. The lowest BCUT2D eigenvalue weighted by Crippen LogP contribution is -2.04.